The van der Waals surface area contributed by atoms with Crippen LogP contribution in [0.25, 0.3) is 6.08 Å². The Morgan fingerprint density at radius 3 is 3.00 bits per heavy atom. The highest BCUT2D eigenvalue weighted by molar-refractivity contribution is 5.62. The average molecular weight is 232 g/mol. The van der Waals surface area contributed by atoms with Crippen molar-refractivity contribution in [3.63, 3.8) is 0 Å². The summed E-state index contributed by atoms with van der Waals surface area (Å²) in [5.74, 6) is 1.72. The number of hydrogen-bond acceptors (Lipinski definition) is 3. The van der Waals surface area contributed by atoms with Crippen molar-refractivity contribution in [2.75, 3.05) is 13.2 Å². The van der Waals surface area contributed by atoms with Crippen LogP contribution in [-0.4, -0.2) is 24.9 Å². The SMILES string of the molecule is CC1(C)C=Cc2ccc(OCC3CO3)cc2O1. The van der Waals surface area contributed by atoms with Gasteiger partial charge in [0.15, 0.2) is 0 Å². The van der Waals surface area contributed by atoms with Crippen LogP contribution in [0.5, 0.6) is 11.5 Å². The molecule has 0 amide bonds. The molecule has 1 atom stereocenters. The van der Waals surface area contributed by atoms with E-state index in [1.807, 2.05) is 32.0 Å². The molecule has 2 aliphatic rings. The third-order valence-corrected chi connectivity index (χ3v) is 2.86. The molecule has 1 fully saturated rings. The van der Waals surface area contributed by atoms with Crippen molar-refractivity contribution in [2.24, 2.45) is 0 Å². The van der Waals surface area contributed by atoms with Crippen LogP contribution in [-0.2, 0) is 4.74 Å². The van der Waals surface area contributed by atoms with Crippen LogP contribution in [0.1, 0.15) is 19.4 Å². The molecule has 1 saturated heterocycles. The Bertz CT molecular complexity index is 459. The fraction of sp³-hybridized carbons (Fsp3) is 0.429. The summed E-state index contributed by atoms with van der Waals surface area (Å²) in [6.07, 6.45) is 4.43. The fourth-order valence-corrected chi connectivity index (χ4v) is 1.79. The maximum Gasteiger partial charge on any atom is 0.131 e. The molecule has 0 bridgehead atoms. The Morgan fingerprint density at radius 1 is 1.41 bits per heavy atom. The molecular formula is C14H16O3. The van der Waals surface area contributed by atoms with E-state index in [9.17, 15) is 0 Å². The van der Waals surface area contributed by atoms with Crippen molar-refractivity contribution in [1.82, 2.24) is 0 Å². The summed E-state index contributed by atoms with van der Waals surface area (Å²) in [6, 6.07) is 5.93. The van der Waals surface area contributed by atoms with Gasteiger partial charge in [0.25, 0.3) is 0 Å². The van der Waals surface area contributed by atoms with Gasteiger partial charge in [-0.2, -0.15) is 0 Å². The number of rotatable bonds is 3. The van der Waals surface area contributed by atoms with E-state index in [1.165, 1.54) is 0 Å². The molecule has 0 radical (unpaired) electrons. The van der Waals surface area contributed by atoms with Gasteiger partial charge in [0.2, 0.25) is 0 Å². The molecule has 0 aliphatic carbocycles. The molecule has 3 heteroatoms. The Balaban J connectivity index is 1.78. The first-order valence-corrected chi connectivity index (χ1v) is 5.89. The van der Waals surface area contributed by atoms with Gasteiger partial charge in [0, 0.05) is 11.6 Å². The Kier molecular flexibility index (Phi) is 2.37. The van der Waals surface area contributed by atoms with Gasteiger partial charge in [-0.15, -0.1) is 0 Å². The van der Waals surface area contributed by atoms with Gasteiger partial charge in [0.05, 0.1) is 6.61 Å². The second-order valence-electron chi connectivity index (χ2n) is 5.00. The van der Waals surface area contributed by atoms with E-state index in [2.05, 4.69) is 12.2 Å². The number of ether oxygens (including phenoxy) is 3. The first-order chi connectivity index (χ1) is 8.12. The molecule has 0 spiro atoms. The Hall–Kier alpha value is -1.48. The second kappa shape index (κ2) is 3.77. The maximum atomic E-state index is 5.88. The lowest BCUT2D eigenvalue weighted by Gasteiger charge is -2.28. The molecule has 90 valence electrons. The zero-order chi connectivity index (χ0) is 11.9. The van der Waals surface area contributed by atoms with Crippen molar-refractivity contribution in [2.45, 2.75) is 25.6 Å². The summed E-state index contributed by atoms with van der Waals surface area (Å²) in [5, 5.41) is 0. The average Bonchev–Trinajstić information content (AvgIpc) is 3.08. The largest absolute Gasteiger partial charge is 0.491 e. The summed E-state index contributed by atoms with van der Waals surface area (Å²) in [5.41, 5.74) is 0.852. The first-order valence-electron chi connectivity index (χ1n) is 5.89. The van der Waals surface area contributed by atoms with E-state index in [-0.39, 0.29) is 11.7 Å². The van der Waals surface area contributed by atoms with Gasteiger partial charge in [0.1, 0.15) is 29.8 Å². The summed E-state index contributed by atoms with van der Waals surface area (Å²) >= 11 is 0. The van der Waals surface area contributed by atoms with Crippen molar-refractivity contribution < 1.29 is 14.2 Å². The minimum absolute atomic E-state index is 0.245. The van der Waals surface area contributed by atoms with Crippen molar-refractivity contribution in [3.8, 4) is 11.5 Å². The molecule has 17 heavy (non-hydrogen) atoms. The molecule has 1 unspecified atom stereocenters. The van der Waals surface area contributed by atoms with Crippen LogP contribution in [0.2, 0.25) is 0 Å². The molecule has 3 rings (SSSR count). The standard InChI is InChI=1S/C14H16O3/c1-14(2)6-5-10-3-4-11(7-13(10)17-14)15-8-12-9-16-12/h3-7,12H,8-9H2,1-2H3. The fourth-order valence-electron chi connectivity index (χ4n) is 1.79. The third-order valence-electron chi connectivity index (χ3n) is 2.86. The first kappa shape index (κ1) is 10.7. The highest BCUT2D eigenvalue weighted by atomic mass is 16.6. The number of benzene rings is 1. The zero-order valence-corrected chi connectivity index (χ0v) is 10.1. The normalized spacial score (nSPS) is 23.8. The lowest BCUT2D eigenvalue weighted by atomic mass is 10.0. The van der Waals surface area contributed by atoms with Crippen molar-refractivity contribution in [3.05, 3.63) is 29.8 Å². The minimum Gasteiger partial charge on any atom is -0.491 e. The molecule has 3 nitrogen and oxygen atoms in total. The molecule has 1 aromatic rings. The predicted octanol–water partition coefficient (Wildman–Crippen LogP) is 2.65. The van der Waals surface area contributed by atoms with Crippen LogP contribution in [0.15, 0.2) is 24.3 Å². The highest BCUT2D eigenvalue weighted by Crippen LogP contribution is 2.33. The summed E-state index contributed by atoms with van der Waals surface area (Å²) in [7, 11) is 0. The van der Waals surface area contributed by atoms with E-state index >= 15 is 0 Å². The third kappa shape index (κ3) is 2.44. The molecular weight excluding hydrogens is 216 g/mol. The molecule has 0 aromatic heterocycles. The predicted molar refractivity (Wildman–Crippen MR) is 65.4 cm³/mol. The highest BCUT2D eigenvalue weighted by Gasteiger charge is 2.24. The lowest BCUT2D eigenvalue weighted by molar-refractivity contribution is 0.158. The Labute approximate surface area is 101 Å². The van der Waals surface area contributed by atoms with Crippen molar-refractivity contribution >= 4 is 6.08 Å². The number of fused-ring (bicyclic) bond motifs is 1. The van der Waals surface area contributed by atoms with E-state index in [1.54, 1.807) is 0 Å². The molecule has 1 aromatic carbocycles. The summed E-state index contributed by atoms with van der Waals surface area (Å²) in [4.78, 5) is 0. The van der Waals surface area contributed by atoms with Crippen LogP contribution < -0.4 is 9.47 Å². The number of epoxide rings is 1. The monoisotopic (exact) mass is 232 g/mol. The van der Waals surface area contributed by atoms with Gasteiger partial charge in [-0.25, -0.2) is 0 Å². The van der Waals surface area contributed by atoms with E-state index in [4.69, 9.17) is 14.2 Å². The van der Waals surface area contributed by atoms with Crippen LogP contribution >= 0.6 is 0 Å². The topological polar surface area (TPSA) is 31.0 Å². The van der Waals surface area contributed by atoms with Gasteiger partial charge in [-0.3, -0.25) is 0 Å². The lowest BCUT2D eigenvalue weighted by Crippen LogP contribution is -2.27. The zero-order valence-electron chi connectivity index (χ0n) is 10.1. The molecule has 2 heterocycles. The quantitative estimate of drug-likeness (QED) is 0.751. The van der Waals surface area contributed by atoms with Crippen LogP contribution in [0.4, 0.5) is 0 Å². The van der Waals surface area contributed by atoms with Gasteiger partial charge >= 0.3 is 0 Å². The van der Waals surface area contributed by atoms with Gasteiger partial charge in [-0.1, -0.05) is 6.08 Å². The minimum atomic E-state index is -0.245. The van der Waals surface area contributed by atoms with Crippen LogP contribution in [0.3, 0.4) is 0 Å². The van der Waals surface area contributed by atoms with E-state index in [0.29, 0.717) is 6.61 Å². The van der Waals surface area contributed by atoms with Crippen LogP contribution in [0, 0.1) is 0 Å². The maximum absolute atomic E-state index is 5.88. The molecule has 2 aliphatic heterocycles. The smallest absolute Gasteiger partial charge is 0.131 e. The van der Waals surface area contributed by atoms with E-state index in [0.717, 1.165) is 23.7 Å². The molecule has 0 saturated carbocycles. The van der Waals surface area contributed by atoms with Gasteiger partial charge in [-0.05, 0) is 32.1 Å². The summed E-state index contributed by atoms with van der Waals surface area (Å²) < 4.78 is 16.6. The molecule has 0 N–H and O–H groups in total. The van der Waals surface area contributed by atoms with E-state index < -0.39 is 0 Å². The number of hydrogen-bond donors (Lipinski definition) is 0. The Morgan fingerprint density at radius 2 is 2.24 bits per heavy atom. The summed E-state index contributed by atoms with van der Waals surface area (Å²) in [6.45, 7) is 5.52. The van der Waals surface area contributed by atoms with Crippen molar-refractivity contribution in [1.29, 1.82) is 0 Å². The van der Waals surface area contributed by atoms with Gasteiger partial charge < -0.3 is 14.2 Å². The second-order valence-corrected chi connectivity index (χ2v) is 5.00.